The van der Waals surface area contributed by atoms with E-state index in [-0.39, 0.29) is 12.5 Å². The lowest BCUT2D eigenvalue weighted by molar-refractivity contribution is -0.302. The van der Waals surface area contributed by atoms with Gasteiger partial charge in [0.2, 0.25) is 5.91 Å². The standard InChI is InChI=1S/C55H99NO8/c1-3-5-7-9-11-13-15-17-19-21-22-23-24-25-26-27-29-30-32-34-36-38-40-42-44-49(58)48(47-63-55-54(62)53(61)52(60)50(46-57)64-55)56-51(59)45-43-41-39-37-35-33-31-28-20-18-16-14-12-10-8-6-4-2/h6,8,12,14,18,20,34,36,42,44,48-50,52-55,57-58,60-62H,3-5,7,9-11,13,15-17,19,21-33,35,37-41,43,45-47H2,1-2H3,(H,56,59)/b8-6-,14-12-,20-18-,36-34+,44-42+. The molecule has 0 aromatic heterocycles. The highest BCUT2D eigenvalue weighted by Crippen LogP contribution is 2.23. The number of unbranched alkanes of at least 4 members (excludes halogenated alkanes) is 26. The van der Waals surface area contributed by atoms with E-state index in [1.54, 1.807) is 6.08 Å². The van der Waals surface area contributed by atoms with E-state index in [9.17, 15) is 30.3 Å². The van der Waals surface area contributed by atoms with Gasteiger partial charge in [0.25, 0.3) is 0 Å². The molecule has 1 aliphatic heterocycles. The fourth-order valence-corrected chi connectivity index (χ4v) is 8.13. The number of ether oxygens (including phenoxy) is 2. The quantitative estimate of drug-likeness (QED) is 0.0262. The van der Waals surface area contributed by atoms with Crippen LogP contribution in [0.2, 0.25) is 0 Å². The second kappa shape index (κ2) is 44.7. The minimum atomic E-state index is -1.58. The topological polar surface area (TPSA) is 149 Å². The molecule has 6 N–H and O–H groups in total. The van der Waals surface area contributed by atoms with Gasteiger partial charge in [-0.1, -0.05) is 216 Å². The van der Waals surface area contributed by atoms with Crippen LogP contribution in [0.25, 0.3) is 0 Å². The van der Waals surface area contributed by atoms with E-state index in [0.29, 0.717) is 6.42 Å². The summed E-state index contributed by atoms with van der Waals surface area (Å²) in [5.74, 6) is -0.198. The third-order valence-electron chi connectivity index (χ3n) is 12.3. The van der Waals surface area contributed by atoms with E-state index in [1.165, 1.54) is 135 Å². The Morgan fingerprint density at radius 3 is 1.50 bits per heavy atom. The molecule has 1 amide bonds. The van der Waals surface area contributed by atoms with Crippen molar-refractivity contribution in [2.24, 2.45) is 0 Å². The van der Waals surface area contributed by atoms with Crippen molar-refractivity contribution in [2.45, 2.75) is 269 Å². The van der Waals surface area contributed by atoms with Gasteiger partial charge in [-0.3, -0.25) is 4.79 Å². The van der Waals surface area contributed by atoms with Gasteiger partial charge in [0.15, 0.2) is 6.29 Å². The number of carbonyl (C=O) groups excluding carboxylic acids is 1. The SMILES string of the molecule is CC/C=C\C/C=C\C/C=C\CCCCCCCCCC(=O)NC(COC1OC(CO)C(O)C(O)C1O)C(O)/C=C/CC/C=C/CCCCCCCCCCCCCCCCCCCC. The van der Waals surface area contributed by atoms with Gasteiger partial charge in [-0.2, -0.15) is 0 Å². The van der Waals surface area contributed by atoms with Gasteiger partial charge in [-0.25, -0.2) is 0 Å². The van der Waals surface area contributed by atoms with E-state index in [4.69, 9.17) is 9.47 Å². The number of amides is 1. The van der Waals surface area contributed by atoms with Crippen LogP contribution >= 0.6 is 0 Å². The van der Waals surface area contributed by atoms with Gasteiger partial charge in [-0.05, 0) is 64.2 Å². The maximum absolute atomic E-state index is 13.0. The van der Waals surface area contributed by atoms with Crippen LogP contribution in [0.3, 0.4) is 0 Å². The molecule has 0 spiro atoms. The molecule has 1 saturated heterocycles. The molecule has 0 aliphatic carbocycles. The molecule has 9 heteroatoms. The van der Waals surface area contributed by atoms with Gasteiger partial charge in [-0.15, -0.1) is 0 Å². The molecule has 0 aromatic rings. The summed E-state index contributed by atoms with van der Waals surface area (Å²) in [5.41, 5.74) is 0. The number of aliphatic hydroxyl groups is 5. The molecule has 64 heavy (non-hydrogen) atoms. The van der Waals surface area contributed by atoms with Crippen LogP contribution in [0.5, 0.6) is 0 Å². The molecule has 1 fully saturated rings. The van der Waals surface area contributed by atoms with Gasteiger partial charge in [0.05, 0.1) is 25.4 Å². The first-order valence-electron chi connectivity index (χ1n) is 26.5. The Morgan fingerprint density at radius 1 is 0.547 bits per heavy atom. The minimum absolute atomic E-state index is 0.198. The van der Waals surface area contributed by atoms with Crippen LogP contribution in [0, 0.1) is 0 Å². The van der Waals surface area contributed by atoms with Crippen molar-refractivity contribution in [1.29, 1.82) is 0 Å². The average molecular weight is 902 g/mol. The Morgan fingerprint density at radius 2 is 0.984 bits per heavy atom. The van der Waals surface area contributed by atoms with E-state index in [2.05, 4.69) is 67.8 Å². The lowest BCUT2D eigenvalue weighted by Crippen LogP contribution is -2.60. The van der Waals surface area contributed by atoms with Crippen LogP contribution in [0.1, 0.15) is 226 Å². The second-order valence-corrected chi connectivity index (χ2v) is 18.3. The van der Waals surface area contributed by atoms with E-state index in [0.717, 1.165) is 70.6 Å². The van der Waals surface area contributed by atoms with E-state index in [1.807, 2.05) is 6.08 Å². The van der Waals surface area contributed by atoms with Crippen LogP contribution in [0.4, 0.5) is 0 Å². The summed E-state index contributed by atoms with van der Waals surface area (Å²) in [6, 6.07) is -0.829. The van der Waals surface area contributed by atoms with Gasteiger partial charge in [0.1, 0.15) is 24.4 Å². The normalized spacial score (nSPS) is 20.5. The summed E-state index contributed by atoms with van der Waals surface area (Å²) < 4.78 is 11.2. The largest absolute Gasteiger partial charge is 0.394 e. The first-order chi connectivity index (χ1) is 31.3. The molecule has 7 unspecified atom stereocenters. The number of hydrogen-bond acceptors (Lipinski definition) is 8. The second-order valence-electron chi connectivity index (χ2n) is 18.3. The summed E-state index contributed by atoms with van der Waals surface area (Å²) in [6.45, 7) is 3.65. The van der Waals surface area contributed by atoms with Crippen molar-refractivity contribution in [2.75, 3.05) is 13.2 Å². The predicted molar refractivity (Wildman–Crippen MR) is 267 cm³/mol. The molecule has 1 aliphatic rings. The molecule has 0 bridgehead atoms. The zero-order valence-corrected chi connectivity index (χ0v) is 41.0. The zero-order chi connectivity index (χ0) is 46.6. The molecule has 0 saturated carbocycles. The lowest BCUT2D eigenvalue weighted by atomic mass is 9.99. The number of carbonyl (C=O) groups is 1. The molecule has 1 rings (SSSR count). The highest BCUT2D eigenvalue weighted by atomic mass is 16.7. The molecule has 7 atom stereocenters. The summed E-state index contributed by atoms with van der Waals surface area (Å²) >= 11 is 0. The molecule has 372 valence electrons. The van der Waals surface area contributed by atoms with E-state index < -0.39 is 49.5 Å². The zero-order valence-electron chi connectivity index (χ0n) is 41.0. The molecule has 0 aromatic carbocycles. The van der Waals surface area contributed by atoms with E-state index >= 15 is 0 Å². The lowest BCUT2D eigenvalue weighted by Gasteiger charge is -2.40. The summed E-state index contributed by atoms with van der Waals surface area (Å²) in [7, 11) is 0. The minimum Gasteiger partial charge on any atom is -0.394 e. The van der Waals surface area contributed by atoms with Crippen LogP contribution in [-0.4, -0.2) is 87.5 Å². The Labute approximate surface area is 392 Å². The molecular formula is C55H99NO8. The summed E-state index contributed by atoms with van der Waals surface area (Å²) in [6.07, 6.45) is 52.8. The van der Waals surface area contributed by atoms with Crippen LogP contribution < -0.4 is 5.32 Å². The maximum atomic E-state index is 13.0. The first kappa shape index (κ1) is 59.9. The Bertz CT molecular complexity index is 1180. The number of aliphatic hydroxyl groups excluding tert-OH is 5. The van der Waals surface area contributed by atoms with Crippen LogP contribution in [-0.2, 0) is 14.3 Å². The fraction of sp³-hybridized carbons (Fsp3) is 0.800. The average Bonchev–Trinajstić information content (AvgIpc) is 3.29. The number of hydrogen-bond donors (Lipinski definition) is 6. The van der Waals surface area contributed by atoms with Gasteiger partial charge >= 0.3 is 0 Å². The highest BCUT2D eigenvalue weighted by Gasteiger charge is 2.44. The van der Waals surface area contributed by atoms with Crippen molar-refractivity contribution in [1.82, 2.24) is 5.32 Å². The molecular weight excluding hydrogens is 803 g/mol. The van der Waals surface area contributed by atoms with Crippen molar-refractivity contribution in [3.8, 4) is 0 Å². The van der Waals surface area contributed by atoms with Crippen molar-refractivity contribution < 1.29 is 39.8 Å². The Balaban J connectivity index is 2.30. The molecule has 9 nitrogen and oxygen atoms in total. The number of allylic oxidation sites excluding steroid dienone is 9. The first-order valence-corrected chi connectivity index (χ1v) is 26.5. The van der Waals surface area contributed by atoms with Gasteiger partial charge in [0, 0.05) is 6.42 Å². The third-order valence-corrected chi connectivity index (χ3v) is 12.3. The summed E-state index contributed by atoms with van der Waals surface area (Å²) in [5, 5.41) is 54.4. The van der Waals surface area contributed by atoms with Crippen LogP contribution in [0.15, 0.2) is 60.8 Å². The van der Waals surface area contributed by atoms with Crippen molar-refractivity contribution in [3.05, 3.63) is 60.8 Å². The molecule has 0 radical (unpaired) electrons. The number of nitrogens with one attached hydrogen (secondary N) is 1. The highest BCUT2D eigenvalue weighted by molar-refractivity contribution is 5.76. The summed E-state index contributed by atoms with van der Waals surface area (Å²) in [4.78, 5) is 13.0. The smallest absolute Gasteiger partial charge is 0.220 e. The van der Waals surface area contributed by atoms with Gasteiger partial charge < -0.3 is 40.3 Å². The Kier molecular flexibility index (Phi) is 41.9. The Hall–Kier alpha value is -2.11. The van der Waals surface area contributed by atoms with Crippen molar-refractivity contribution in [3.63, 3.8) is 0 Å². The fourth-order valence-electron chi connectivity index (χ4n) is 8.13. The maximum Gasteiger partial charge on any atom is 0.220 e. The number of rotatable bonds is 44. The van der Waals surface area contributed by atoms with Crippen molar-refractivity contribution >= 4 is 5.91 Å². The third kappa shape index (κ3) is 34.2. The predicted octanol–water partition coefficient (Wildman–Crippen LogP) is 12.3. The molecule has 1 heterocycles. The monoisotopic (exact) mass is 902 g/mol.